The van der Waals surface area contributed by atoms with E-state index in [2.05, 4.69) is 22.9 Å². The molecule has 0 amide bonds. The zero-order valence-corrected chi connectivity index (χ0v) is 12.8. The number of hydrogen-bond acceptors (Lipinski definition) is 4. The number of nitrogens with zero attached hydrogens (tertiary/aromatic N) is 2. The maximum absolute atomic E-state index is 6.16. The first-order valence-electron chi connectivity index (χ1n) is 7.68. The third-order valence-corrected chi connectivity index (χ3v) is 4.48. The van der Waals surface area contributed by atoms with Crippen molar-refractivity contribution < 1.29 is 4.74 Å². The smallest absolute Gasteiger partial charge is 0.128 e. The second-order valence-corrected chi connectivity index (χ2v) is 5.77. The van der Waals surface area contributed by atoms with Crippen LogP contribution in [0.3, 0.4) is 0 Å². The molecule has 1 fully saturated rings. The second kappa shape index (κ2) is 5.90. The van der Waals surface area contributed by atoms with Gasteiger partial charge < -0.3 is 10.5 Å². The van der Waals surface area contributed by atoms with E-state index in [9.17, 15) is 0 Å². The predicted molar refractivity (Wildman–Crippen MR) is 86.4 cm³/mol. The third kappa shape index (κ3) is 2.81. The highest BCUT2D eigenvalue weighted by Gasteiger charge is 2.23. The first kappa shape index (κ1) is 14.1. The Hall–Kier alpha value is -1.81. The Balaban J connectivity index is 1.90. The Labute approximate surface area is 125 Å². The molecule has 112 valence electrons. The summed E-state index contributed by atoms with van der Waals surface area (Å²) in [5, 5.41) is 1.12. The fourth-order valence-corrected chi connectivity index (χ4v) is 3.24. The quantitative estimate of drug-likeness (QED) is 0.937. The van der Waals surface area contributed by atoms with E-state index in [1.807, 2.05) is 18.2 Å². The third-order valence-electron chi connectivity index (χ3n) is 4.48. The Kier molecular flexibility index (Phi) is 3.97. The summed E-state index contributed by atoms with van der Waals surface area (Å²) >= 11 is 0. The van der Waals surface area contributed by atoms with Gasteiger partial charge in [0.2, 0.25) is 0 Å². The highest BCUT2D eigenvalue weighted by atomic mass is 16.5. The minimum absolute atomic E-state index is 0.637. The average molecular weight is 285 g/mol. The molecule has 1 atom stereocenters. The maximum Gasteiger partial charge on any atom is 0.128 e. The van der Waals surface area contributed by atoms with Crippen molar-refractivity contribution in [1.82, 2.24) is 9.88 Å². The van der Waals surface area contributed by atoms with Crippen LogP contribution in [0.1, 0.15) is 31.7 Å². The number of ether oxygens (including phenoxy) is 1. The molecular formula is C17H23N3O. The van der Waals surface area contributed by atoms with E-state index in [4.69, 9.17) is 10.5 Å². The minimum atomic E-state index is 0.637. The van der Waals surface area contributed by atoms with Crippen molar-refractivity contribution in [3.63, 3.8) is 0 Å². The van der Waals surface area contributed by atoms with Crippen molar-refractivity contribution in [1.29, 1.82) is 0 Å². The number of pyridine rings is 1. The molecule has 2 aromatic rings. The molecule has 4 heteroatoms. The number of aromatic nitrogens is 1. The van der Waals surface area contributed by atoms with Crippen LogP contribution in [0.5, 0.6) is 5.75 Å². The van der Waals surface area contributed by atoms with Gasteiger partial charge in [-0.2, -0.15) is 0 Å². The standard InChI is InChI=1S/C17H23N3O/c1-3-14-5-4-8-20(14)11-13-9-12-6-7-15(21-2)10-16(12)19-17(13)18/h6-7,9-10,14H,3-5,8,11H2,1-2H3,(H2,18,19). The van der Waals surface area contributed by atoms with Crippen LogP contribution in [0.25, 0.3) is 10.9 Å². The van der Waals surface area contributed by atoms with Gasteiger partial charge in [-0.25, -0.2) is 4.98 Å². The largest absolute Gasteiger partial charge is 0.497 e. The lowest BCUT2D eigenvalue weighted by Gasteiger charge is -2.23. The molecule has 1 unspecified atom stereocenters. The van der Waals surface area contributed by atoms with Gasteiger partial charge in [0.15, 0.2) is 0 Å². The number of rotatable bonds is 4. The van der Waals surface area contributed by atoms with E-state index in [0.717, 1.165) is 28.8 Å². The number of methoxy groups -OCH3 is 1. The van der Waals surface area contributed by atoms with E-state index >= 15 is 0 Å². The van der Waals surface area contributed by atoms with Crippen LogP contribution in [-0.2, 0) is 6.54 Å². The molecule has 4 nitrogen and oxygen atoms in total. The number of fused-ring (bicyclic) bond motifs is 1. The topological polar surface area (TPSA) is 51.4 Å². The zero-order valence-electron chi connectivity index (χ0n) is 12.8. The second-order valence-electron chi connectivity index (χ2n) is 5.77. The molecule has 0 radical (unpaired) electrons. The van der Waals surface area contributed by atoms with Gasteiger partial charge in [0.05, 0.1) is 12.6 Å². The summed E-state index contributed by atoms with van der Waals surface area (Å²) in [4.78, 5) is 7.08. The van der Waals surface area contributed by atoms with Crippen molar-refractivity contribution in [2.45, 2.75) is 38.8 Å². The van der Waals surface area contributed by atoms with Gasteiger partial charge in [0, 0.05) is 29.6 Å². The van der Waals surface area contributed by atoms with E-state index in [0.29, 0.717) is 11.9 Å². The molecule has 3 rings (SSSR count). The summed E-state index contributed by atoms with van der Waals surface area (Å²) in [6, 6.07) is 8.80. The molecule has 2 heterocycles. The number of likely N-dealkylation sites (tertiary alicyclic amines) is 1. The fraction of sp³-hybridized carbons (Fsp3) is 0.471. The maximum atomic E-state index is 6.16. The Morgan fingerprint density at radius 2 is 2.24 bits per heavy atom. The number of hydrogen-bond donors (Lipinski definition) is 1. The van der Waals surface area contributed by atoms with Crippen LogP contribution >= 0.6 is 0 Å². The molecule has 1 saturated heterocycles. The molecule has 1 aromatic carbocycles. The summed E-state index contributed by atoms with van der Waals surface area (Å²) in [7, 11) is 1.66. The van der Waals surface area contributed by atoms with Crippen molar-refractivity contribution in [3.05, 3.63) is 29.8 Å². The van der Waals surface area contributed by atoms with Gasteiger partial charge >= 0.3 is 0 Å². The zero-order chi connectivity index (χ0) is 14.8. The molecule has 0 saturated carbocycles. The lowest BCUT2D eigenvalue weighted by Crippen LogP contribution is -2.28. The lowest BCUT2D eigenvalue weighted by atomic mass is 10.1. The Morgan fingerprint density at radius 1 is 1.38 bits per heavy atom. The van der Waals surface area contributed by atoms with Crippen LogP contribution in [0.15, 0.2) is 24.3 Å². The van der Waals surface area contributed by atoms with Gasteiger partial charge in [0.1, 0.15) is 11.6 Å². The van der Waals surface area contributed by atoms with Gasteiger partial charge in [-0.15, -0.1) is 0 Å². The SMILES string of the molecule is CCC1CCCN1Cc1cc2ccc(OC)cc2nc1N. The molecular weight excluding hydrogens is 262 g/mol. The minimum Gasteiger partial charge on any atom is -0.497 e. The number of nitrogen functional groups attached to an aromatic ring is 1. The van der Waals surface area contributed by atoms with Crippen LogP contribution in [0.4, 0.5) is 5.82 Å². The van der Waals surface area contributed by atoms with E-state index in [-0.39, 0.29) is 0 Å². The summed E-state index contributed by atoms with van der Waals surface area (Å²) in [5.74, 6) is 1.45. The summed E-state index contributed by atoms with van der Waals surface area (Å²) in [6.07, 6.45) is 3.79. The van der Waals surface area contributed by atoms with Crippen molar-refractivity contribution in [3.8, 4) is 5.75 Å². The monoisotopic (exact) mass is 285 g/mol. The van der Waals surface area contributed by atoms with Gasteiger partial charge in [-0.05, 0) is 44.0 Å². The van der Waals surface area contributed by atoms with Crippen LogP contribution < -0.4 is 10.5 Å². The molecule has 1 aromatic heterocycles. The first-order chi connectivity index (χ1) is 10.2. The fourth-order valence-electron chi connectivity index (χ4n) is 3.24. The summed E-state index contributed by atoms with van der Waals surface area (Å²) in [6.45, 7) is 4.33. The number of benzene rings is 1. The highest BCUT2D eigenvalue weighted by Crippen LogP contribution is 2.27. The molecule has 2 N–H and O–H groups in total. The first-order valence-corrected chi connectivity index (χ1v) is 7.68. The lowest BCUT2D eigenvalue weighted by molar-refractivity contribution is 0.240. The highest BCUT2D eigenvalue weighted by molar-refractivity contribution is 5.82. The van der Waals surface area contributed by atoms with Gasteiger partial charge in [0.25, 0.3) is 0 Å². The molecule has 1 aliphatic heterocycles. The normalized spacial score (nSPS) is 19.2. The van der Waals surface area contributed by atoms with Gasteiger partial charge in [-0.1, -0.05) is 6.92 Å². The predicted octanol–water partition coefficient (Wildman–Crippen LogP) is 3.20. The Bertz CT molecular complexity index is 641. The average Bonchev–Trinajstić information content (AvgIpc) is 2.94. The van der Waals surface area contributed by atoms with Crippen LogP contribution in [-0.4, -0.2) is 29.6 Å². The summed E-state index contributed by atoms with van der Waals surface area (Å²) < 4.78 is 5.24. The van der Waals surface area contributed by atoms with E-state index in [1.54, 1.807) is 7.11 Å². The molecule has 0 spiro atoms. The van der Waals surface area contributed by atoms with Crippen LogP contribution in [0.2, 0.25) is 0 Å². The molecule has 0 aliphatic carbocycles. The summed E-state index contributed by atoms with van der Waals surface area (Å²) in [5.41, 5.74) is 8.19. The number of nitrogens with two attached hydrogens (primary N) is 1. The van der Waals surface area contributed by atoms with E-state index < -0.39 is 0 Å². The van der Waals surface area contributed by atoms with E-state index in [1.165, 1.54) is 25.8 Å². The molecule has 21 heavy (non-hydrogen) atoms. The number of anilines is 1. The van der Waals surface area contributed by atoms with Crippen molar-refractivity contribution >= 4 is 16.7 Å². The molecule has 0 bridgehead atoms. The van der Waals surface area contributed by atoms with Crippen LogP contribution in [0, 0.1) is 0 Å². The molecule has 1 aliphatic rings. The van der Waals surface area contributed by atoms with Crippen molar-refractivity contribution in [2.24, 2.45) is 0 Å². The van der Waals surface area contributed by atoms with Crippen molar-refractivity contribution in [2.75, 3.05) is 19.4 Å². The Morgan fingerprint density at radius 3 is 3.00 bits per heavy atom. The van der Waals surface area contributed by atoms with Gasteiger partial charge in [-0.3, -0.25) is 4.90 Å².